The van der Waals surface area contributed by atoms with Gasteiger partial charge in [-0.3, -0.25) is 14.2 Å². The zero-order chi connectivity index (χ0) is 13.4. The molecule has 0 aliphatic rings. The SMILES string of the molecule is Cn1c(C(F)(F)F)cc(=O)n(CC(=O)O)c1=O. The van der Waals surface area contributed by atoms with E-state index in [0.717, 1.165) is 7.05 Å². The molecule has 0 aliphatic carbocycles. The van der Waals surface area contributed by atoms with Gasteiger partial charge in [-0.2, -0.15) is 13.2 Å². The van der Waals surface area contributed by atoms with Gasteiger partial charge in [0.15, 0.2) is 0 Å². The van der Waals surface area contributed by atoms with Crippen LogP contribution in [0.5, 0.6) is 0 Å². The number of carboxylic acids is 1. The molecule has 0 saturated heterocycles. The van der Waals surface area contributed by atoms with Gasteiger partial charge in [-0.25, -0.2) is 9.36 Å². The van der Waals surface area contributed by atoms with Crippen LogP contribution in [0.4, 0.5) is 13.2 Å². The maximum absolute atomic E-state index is 12.4. The smallest absolute Gasteiger partial charge is 0.431 e. The van der Waals surface area contributed by atoms with Crippen molar-refractivity contribution in [1.82, 2.24) is 9.13 Å². The average molecular weight is 252 g/mol. The van der Waals surface area contributed by atoms with E-state index in [-0.39, 0.29) is 15.2 Å². The summed E-state index contributed by atoms with van der Waals surface area (Å²) < 4.78 is 37.5. The maximum Gasteiger partial charge on any atom is 0.431 e. The van der Waals surface area contributed by atoms with Crippen LogP contribution in [0.1, 0.15) is 5.69 Å². The van der Waals surface area contributed by atoms with Crippen molar-refractivity contribution in [3.05, 3.63) is 32.6 Å². The number of hydrogen-bond donors (Lipinski definition) is 1. The second-order valence-corrected chi connectivity index (χ2v) is 3.19. The average Bonchev–Trinajstić information content (AvgIpc) is 2.16. The van der Waals surface area contributed by atoms with E-state index in [2.05, 4.69) is 0 Å². The van der Waals surface area contributed by atoms with Gasteiger partial charge in [0.05, 0.1) is 0 Å². The summed E-state index contributed by atoms with van der Waals surface area (Å²) in [6.45, 7) is -0.982. The fourth-order valence-corrected chi connectivity index (χ4v) is 1.22. The first kappa shape index (κ1) is 13.0. The highest BCUT2D eigenvalue weighted by Gasteiger charge is 2.34. The number of hydrogen-bond acceptors (Lipinski definition) is 3. The van der Waals surface area contributed by atoms with Crippen molar-refractivity contribution in [2.45, 2.75) is 12.7 Å². The van der Waals surface area contributed by atoms with Crippen molar-refractivity contribution in [2.75, 3.05) is 0 Å². The Balaban J connectivity index is 3.54. The molecule has 6 nitrogen and oxygen atoms in total. The van der Waals surface area contributed by atoms with Crippen LogP contribution in [0, 0.1) is 0 Å². The number of carboxylic acid groups (broad SMARTS) is 1. The number of aromatic nitrogens is 2. The van der Waals surface area contributed by atoms with Gasteiger partial charge >= 0.3 is 17.8 Å². The molecule has 1 N–H and O–H groups in total. The second-order valence-electron chi connectivity index (χ2n) is 3.19. The largest absolute Gasteiger partial charge is 0.480 e. The minimum atomic E-state index is -4.85. The minimum Gasteiger partial charge on any atom is -0.480 e. The van der Waals surface area contributed by atoms with E-state index < -0.39 is 35.6 Å². The zero-order valence-electron chi connectivity index (χ0n) is 8.48. The monoisotopic (exact) mass is 252 g/mol. The first-order valence-electron chi connectivity index (χ1n) is 4.24. The number of alkyl halides is 3. The van der Waals surface area contributed by atoms with Crippen molar-refractivity contribution in [2.24, 2.45) is 7.05 Å². The van der Waals surface area contributed by atoms with Gasteiger partial charge in [0.25, 0.3) is 5.56 Å². The third-order valence-electron chi connectivity index (χ3n) is 1.99. The van der Waals surface area contributed by atoms with Crippen LogP contribution in [-0.2, 0) is 24.6 Å². The van der Waals surface area contributed by atoms with Crippen LogP contribution in [0.3, 0.4) is 0 Å². The Morgan fingerprint density at radius 2 is 1.94 bits per heavy atom. The number of rotatable bonds is 2. The third-order valence-corrected chi connectivity index (χ3v) is 1.99. The summed E-state index contributed by atoms with van der Waals surface area (Å²) >= 11 is 0. The summed E-state index contributed by atoms with van der Waals surface area (Å²) in [4.78, 5) is 32.9. The summed E-state index contributed by atoms with van der Waals surface area (Å²) in [5.41, 5.74) is -4.05. The fourth-order valence-electron chi connectivity index (χ4n) is 1.22. The van der Waals surface area contributed by atoms with Crippen molar-refractivity contribution < 1.29 is 23.1 Å². The molecule has 1 aromatic rings. The number of halogens is 3. The molecule has 0 amide bonds. The Kier molecular flexibility index (Phi) is 3.12. The number of carbonyl (C=O) groups is 1. The Bertz CT molecular complexity index is 570. The molecular weight excluding hydrogens is 245 g/mol. The molecule has 1 heterocycles. The fraction of sp³-hybridized carbons (Fsp3) is 0.375. The number of nitrogens with zero attached hydrogens (tertiary/aromatic N) is 2. The predicted molar refractivity (Wildman–Crippen MR) is 48.6 cm³/mol. The first-order valence-corrected chi connectivity index (χ1v) is 4.24. The molecule has 0 spiro atoms. The molecule has 0 aromatic carbocycles. The first-order chi connectivity index (χ1) is 7.64. The minimum absolute atomic E-state index is 0.185. The third kappa shape index (κ3) is 2.55. The summed E-state index contributed by atoms with van der Waals surface area (Å²) in [7, 11) is 0.808. The van der Waals surface area contributed by atoms with Crippen LogP contribution < -0.4 is 11.2 Å². The van der Waals surface area contributed by atoms with Crippen LogP contribution in [-0.4, -0.2) is 20.2 Å². The van der Waals surface area contributed by atoms with Gasteiger partial charge in [0.2, 0.25) is 0 Å². The predicted octanol–water partition coefficient (Wildman–Crippen LogP) is -0.350. The van der Waals surface area contributed by atoms with E-state index in [9.17, 15) is 27.6 Å². The molecule has 0 saturated carbocycles. The quantitative estimate of drug-likeness (QED) is 0.780. The molecule has 0 aliphatic heterocycles. The van der Waals surface area contributed by atoms with Gasteiger partial charge in [0.1, 0.15) is 12.2 Å². The van der Waals surface area contributed by atoms with Crippen LogP contribution in [0.15, 0.2) is 15.7 Å². The molecule has 94 valence electrons. The topological polar surface area (TPSA) is 81.3 Å². The molecular formula is C8H7F3N2O4. The summed E-state index contributed by atoms with van der Waals surface area (Å²) in [5, 5.41) is 8.41. The van der Waals surface area contributed by atoms with E-state index in [1.807, 2.05) is 0 Å². The highest BCUT2D eigenvalue weighted by Crippen LogP contribution is 2.26. The normalized spacial score (nSPS) is 11.5. The summed E-state index contributed by atoms with van der Waals surface area (Å²) in [6, 6.07) is 0.185. The lowest BCUT2D eigenvalue weighted by atomic mass is 10.4. The van der Waals surface area contributed by atoms with E-state index in [0.29, 0.717) is 0 Å². The Hall–Kier alpha value is -2.06. The molecule has 0 atom stereocenters. The molecule has 1 aromatic heterocycles. The lowest BCUT2D eigenvalue weighted by Gasteiger charge is -2.12. The standard InChI is InChI=1S/C8H7F3N2O4/c1-12-4(8(9,10)11)2-5(14)13(7(12)17)3-6(15)16/h2H,3H2,1H3,(H,15,16). The van der Waals surface area contributed by atoms with Crippen molar-refractivity contribution in [1.29, 1.82) is 0 Å². The van der Waals surface area contributed by atoms with Crippen molar-refractivity contribution in [3.8, 4) is 0 Å². The van der Waals surface area contributed by atoms with E-state index in [1.165, 1.54) is 0 Å². The molecule has 17 heavy (non-hydrogen) atoms. The Labute approximate surface area is 91.5 Å². The van der Waals surface area contributed by atoms with Crippen molar-refractivity contribution >= 4 is 5.97 Å². The lowest BCUT2D eigenvalue weighted by Crippen LogP contribution is -2.43. The molecule has 1 rings (SSSR count). The van der Waals surface area contributed by atoms with E-state index in [1.54, 1.807) is 0 Å². The van der Waals surface area contributed by atoms with Gasteiger partial charge in [-0.15, -0.1) is 0 Å². The molecule has 9 heteroatoms. The molecule has 0 unspecified atom stereocenters. The second kappa shape index (κ2) is 4.07. The Morgan fingerprint density at radius 1 is 1.41 bits per heavy atom. The lowest BCUT2D eigenvalue weighted by molar-refractivity contribution is -0.144. The maximum atomic E-state index is 12.4. The van der Waals surface area contributed by atoms with E-state index >= 15 is 0 Å². The summed E-state index contributed by atoms with van der Waals surface area (Å²) in [6.07, 6.45) is -4.85. The molecule has 0 fully saturated rings. The number of aliphatic carboxylic acids is 1. The van der Waals surface area contributed by atoms with Gasteiger partial charge in [-0.05, 0) is 0 Å². The van der Waals surface area contributed by atoms with Gasteiger partial charge in [0, 0.05) is 13.1 Å². The zero-order valence-corrected chi connectivity index (χ0v) is 8.48. The molecule has 0 radical (unpaired) electrons. The van der Waals surface area contributed by atoms with Crippen LogP contribution in [0.25, 0.3) is 0 Å². The summed E-state index contributed by atoms with van der Waals surface area (Å²) in [5.74, 6) is -1.50. The van der Waals surface area contributed by atoms with Crippen LogP contribution in [0.2, 0.25) is 0 Å². The van der Waals surface area contributed by atoms with Gasteiger partial charge in [-0.1, -0.05) is 0 Å². The Morgan fingerprint density at radius 3 is 2.35 bits per heavy atom. The van der Waals surface area contributed by atoms with Crippen LogP contribution >= 0.6 is 0 Å². The van der Waals surface area contributed by atoms with Gasteiger partial charge < -0.3 is 5.11 Å². The molecule has 0 bridgehead atoms. The highest BCUT2D eigenvalue weighted by atomic mass is 19.4. The van der Waals surface area contributed by atoms with Crippen molar-refractivity contribution in [3.63, 3.8) is 0 Å². The van der Waals surface area contributed by atoms with E-state index in [4.69, 9.17) is 5.11 Å². The highest BCUT2D eigenvalue weighted by molar-refractivity contribution is 5.66.